The molecule has 17 heavy (non-hydrogen) atoms. The average molecular weight is 235 g/mol. The molecule has 1 aromatic carbocycles. The number of carboxylic acids is 1. The molecule has 1 aromatic heterocycles. The van der Waals surface area contributed by atoms with Gasteiger partial charge in [0.05, 0.1) is 5.52 Å². The zero-order valence-electron chi connectivity index (χ0n) is 9.99. The number of halogens is 1. The highest BCUT2D eigenvalue weighted by atomic mass is 19.1. The molecule has 2 aromatic rings. The monoisotopic (exact) mass is 235 g/mol. The van der Waals surface area contributed by atoms with Crippen molar-refractivity contribution in [2.45, 2.75) is 26.8 Å². The van der Waals surface area contributed by atoms with Crippen molar-refractivity contribution in [3.8, 4) is 0 Å². The van der Waals surface area contributed by atoms with Crippen molar-refractivity contribution in [2.75, 3.05) is 0 Å². The van der Waals surface area contributed by atoms with Crippen molar-refractivity contribution in [3.63, 3.8) is 0 Å². The van der Waals surface area contributed by atoms with Gasteiger partial charge in [-0.25, -0.2) is 9.18 Å². The molecule has 1 N–H and O–H groups in total. The van der Waals surface area contributed by atoms with E-state index in [-0.39, 0.29) is 17.6 Å². The fraction of sp³-hybridized carbons (Fsp3) is 0.308. The quantitative estimate of drug-likeness (QED) is 0.867. The third-order valence-electron chi connectivity index (χ3n) is 2.94. The first-order valence-corrected chi connectivity index (χ1v) is 5.47. The molecule has 0 bridgehead atoms. The molecule has 0 aliphatic carbocycles. The number of rotatable bonds is 2. The van der Waals surface area contributed by atoms with Crippen LogP contribution in [0.25, 0.3) is 10.9 Å². The van der Waals surface area contributed by atoms with Crippen LogP contribution in [0.5, 0.6) is 0 Å². The molecule has 0 aliphatic heterocycles. The van der Waals surface area contributed by atoms with Gasteiger partial charge in [-0.1, -0.05) is 6.07 Å². The van der Waals surface area contributed by atoms with E-state index in [1.165, 1.54) is 6.07 Å². The Balaban J connectivity index is 2.98. The molecule has 2 rings (SSSR count). The van der Waals surface area contributed by atoms with Crippen LogP contribution < -0.4 is 0 Å². The van der Waals surface area contributed by atoms with Crippen molar-refractivity contribution in [1.29, 1.82) is 0 Å². The summed E-state index contributed by atoms with van der Waals surface area (Å²) < 4.78 is 15.4. The fourth-order valence-corrected chi connectivity index (χ4v) is 2.30. The molecule has 1 heterocycles. The Morgan fingerprint density at radius 1 is 1.41 bits per heavy atom. The van der Waals surface area contributed by atoms with Crippen molar-refractivity contribution < 1.29 is 14.3 Å². The van der Waals surface area contributed by atoms with E-state index in [1.54, 1.807) is 23.6 Å². The number of aromatic nitrogens is 1. The Kier molecular flexibility index (Phi) is 2.65. The summed E-state index contributed by atoms with van der Waals surface area (Å²) in [6.45, 7) is 5.42. The maximum absolute atomic E-state index is 13.8. The molecule has 0 atom stereocenters. The Bertz CT molecular complexity index is 599. The second-order valence-corrected chi connectivity index (χ2v) is 4.38. The van der Waals surface area contributed by atoms with Crippen LogP contribution in [0, 0.1) is 12.7 Å². The zero-order valence-corrected chi connectivity index (χ0v) is 9.99. The molecule has 0 aliphatic rings. The number of aromatic carboxylic acids is 1. The van der Waals surface area contributed by atoms with Crippen LogP contribution in [-0.2, 0) is 0 Å². The third-order valence-corrected chi connectivity index (χ3v) is 2.94. The summed E-state index contributed by atoms with van der Waals surface area (Å²) in [5.74, 6) is -1.39. The molecular formula is C13H14FNO2. The number of hydrogen-bond acceptors (Lipinski definition) is 1. The second-order valence-electron chi connectivity index (χ2n) is 4.38. The Morgan fingerprint density at radius 2 is 2.06 bits per heavy atom. The lowest BCUT2D eigenvalue weighted by Crippen LogP contribution is -2.11. The SMILES string of the molecule is Cc1c(C(=O)O)n(C(C)C)c2cccc(F)c12. The Morgan fingerprint density at radius 3 is 2.59 bits per heavy atom. The molecule has 0 spiro atoms. The van der Waals surface area contributed by atoms with Crippen molar-refractivity contribution >= 4 is 16.9 Å². The molecular weight excluding hydrogens is 221 g/mol. The van der Waals surface area contributed by atoms with E-state index in [2.05, 4.69) is 0 Å². The van der Waals surface area contributed by atoms with Crippen LogP contribution in [0.1, 0.15) is 35.9 Å². The highest BCUT2D eigenvalue weighted by molar-refractivity contribution is 5.98. The molecule has 0 amide bonds. The van der Waals surface area contributed by atoms with Gasteiger partial charge in [-0.3, -0.25) is 0 Å². The average Bonchev–Trinajstić information content (AvgIpc) is 2.53. The van der Waals surface area contributed by atoms with Crippen molar-refractivity contribution in [3.05, 3.63) is 35.3 Å². The van der Waals surface area contributed by atoms with Crippen LogP contribution in [-0.4, -0.2) is 15.6 Å². The van der Waals surface area contributed by atoms with E-state index in [0.29, 0.717) is 16.5 Å². The molecule has 0 unspecified atom stereocenters. The number of carbonyl (C=O) groups is 1. The van der Waals surface area contributed by atoms with Crippen LogP contribution in [0.2, 0.25) is 0 Å². The lowest BCUT2D eigenvalue weighted by Gasteiger charge is -2.12. The molecule has 90 valence electrons. The smallest absolute Gasteiger partial charge is 0.352 e. The van der Waals surface area contributed by atoms with E-state index in [1.807, 2.05) is 13.8 Å². The minimum absolute atomic E-state index is 0.0286. The van der Waals surface area contributed by atoms with Crippen LogP contribution in [0.3, 0.4) is 0 Å². The van der Waals surface area contributed by atoms with Crippen molar-refractivity contribution in [2.24, 2.45) is 0 Å². The summed E-state index contributed by atoms with van der Waals surface area (Å²) >= 11 is 0. The lowest BCUT2D eigenvalue weighted by atomic mass is 10.1. The minimum atomic E-state index is -1.02. The van der Waals surface area contributed by atoms with Gasteiger partial charge >= 0.3 is 5.97 Å². The van der Waals surface area contributed by atoms with E-state index in [0.717, 1.165) is 0 Å². The lowest BCUT2D eigenvalue weighted by molar-refractivity contribution is 0.0683. The molecule has 0 saturated heterocycles. The summed E-state index contributed by atoms with van der Waals surface area (Å²) in [4.78, 5) is 11.3. The second kappa shape index (κ2) is 3.87. The topological polar surface area (TPSA) is 42.2 Å². The number of carboxylic acid groups (broad SMARTS) is 1. The van der Waals surface area contributed by atoms with Crippen molar-refractivity contribution in [1.82, 2.24) is 4.57 Å². The molecule has 0 saturated carbocycles. The first-order chi connectivity index (χ1) is 7.95. The van der Waals surface area contributed by atoms with Crippen LogP contribution in [0.15, 0.2) is 18.2 Å². The largest absolute Gasteiger partial charge is 0.477 e. The standard InChI is InChI=1S/C13H14FNO2/c1-7(2)15-10-6-4-5-9(14)11(10)8(3)12(15)13(16)17/h4-7H,1-3H3,(H,16,17). The Hall–Kier alpha value is -1.84. The number of fused-ring (bicyclic) bond motifs is 1. The first-order valence-electron chi connectivity index (χ1n) is 5.47. The van der Waals surface area contributed by atoms with Gasteiger partial charge in [-0.2, -0.15) is 0 Å². The predicted molar refractivity (Wildman–Crippen MR) is 64.0 cm³/mol. The highest BCUT2D eigenvalue weighted by Crippen LogP contribution is 2.30. The number of benzene rings is 1. The maximum Gasteiger partial charge on any atom is 0.352 e. The van der Waals surface area contributed by atoms with Gasteiger partial charge in [-0.05, 0) is 38.5 Å². The fourth-order valence-electron chi connectivity index (χ4n) is 2.30. The van der Waals surface area contributed by atoms with Gasteiger partial charge in [0.15, 0.2) is 0 Å². The Labute approximate surface area is 98.5 Å². The number of aryl methyl sites for hydroxylation is 1. The highest BCUT2D eigenvalue weighted by Gasteiger charge is 2.22. The van der Waals surface area contributed by atoms with Gasteiger partial charge in [0.1, 0.15) is 11.5 Å². The van der Waals surface area contributed by atoms with E-state index in [4.69, 9.17) is 0 Å². The number of nitrogens with zero attached hydrogens (tertiary/aromatic N) is 1. The van der Waals surface area contributed by atoms with E-state index in [9.17, 15) is 14.3 Å². The summed E-state index contributed by atoms with van der Waals surface area (Å²) in [6.07, 6.45) is 0. The normalized spacial score (nSPS) is 11.4. The predicted octanol–water partition coefficient (Wildman–Crippen LogP) is 3.37. The van der Waals surface area contributed by atoms with Gasteiger partial charge in [0, 0.05) is 11.4 Å². The summed E-state index contributed by atoms with van der Waals surface area (Å²) in [6, 6.07) is 4.67. The zero-order chi connectivity index (χ0) is 12.7. The van der Waals surface area contributed by atoms with E-state index < -0.39 is 5.97 Å². The van der Waals surface area contributed by atoms with Gasteiger partial charge in [0.2, 0.25) is 0 Å². The van der Waals surface area contributed by atoms with Crippen LogP contribution >= 0.6 is 0 Å². The van der Waals surface area contributed by atoms with Gasteiger partial charge in [-0.15, -0.1) is 0 Å². The number of hydrogen-bond donors (Lipinski definition) is 1. The summed E-state index contributed by atoms with van der Waals surface area (Å²) in [5.41, 5.74) is 1.29. The maximum atomic E-state index is 13.8. The third kappa shape index (κ3) is 1.60. The molecule has 3 nitrogen and oxygen atoms in total. The summed E-state index contributed by atoms with van der Waals surface area (Å²) in [5, 5.41) is 9.65. The van der Waals surface area contributed by atoms with Gasteiger partial charge in [0.25, 0.3) is 0 Å². The molecule has 0 radical (unpaired) electrons. The summed E-state index contributed by atoms with van der Waals surface area (Å²) in [7, 11) is 0. The molecule has 4 heteroatoms. The van der Waals surface area contributed by atoms with E-state index >= 15 is 0 Å². The van der Waals surface area contributed by atoms with Crippen LogP contribution in [0.4, 0.5) is 4.39 Å². The van der Waals surface area contributed by atoms with Gasteiger partial charge < -0.3 is 9.67 Å². The molecule has 0 fully saturated rings. The minimum Gasteiger partial charge on any atom is -0.477 e. The first kappa shape index (κ1) is 11.6.